The predicted octanol–water partition coefficient (Wildman–Crippen LogP) is 4.29. The van der Waals surface area contributed by atoms with Gasteiger partial charge < -0.3 is 10.5 Å². The standard InChI is InChI=1S/C19H35NO2/c1-13(2)11-12-16-9-6-10-17(20)19(21)22-14(3)18(16)15-7-4-5-8-15/h13-18H,4-12,20H2,1-3H3/t14-,16+,17-,18+/m0/s1. The van der Waals surface area contributed by atoms with Gasteiger partial charge in [0.15, 0.2) is 0 Å². The first-order valence-corrected chi connectivity index (χ1v) is 9.45. The molecule has 0 aromatic carbocycles. The minimum atomic E-state index is -0.421. The summed E-state index contributed by atoms with van der Waals surface area (Å²) in [5, 5.41) is 0. The molecule has 1 saturated carbocycles. The van der Waals surface area contributed by atoms with Crippen LogP contribution in [0.5, 0.6) is 0 Å². The molecule has 128 valence electrons. The molecule has 1 aliphatic heterocycles. The monoisotopic (exact) mass is 309 g/mol. The number of hydrogen-bond donors (Lipinski definition) is 1. The minimum Gasteiger partial charge on any atom is -0.461 e. The van der Waals surface area contributed by atoms with Crippen molar-refractivity contribution in [1.29, 1.82) is 0 Å². The molecule has 4 atom stereocenters. The average Bonchev–Trinajstić information content (AvgIpc) is 2.97. The Balaban J connectivity index is 2.14. The Bertz CT molecular complexity index is 349. The van der Waals surface area contributed by atoms with Crippen molar-refractivity contribution < 1.29 is 9.53 Å². The molecule has 0 aromatic rings. The van der Waals surface area contributed by atoms with Crippen molar-refractivity contribution in [2.45, 2.75) is 90.7 Å². The lowest BCUT2D eigenvalue weighted by Crippen LogP contribution is -2.38. The Labute approximate surface area is 136 Å². The predicted molar refractivity (Wildman–Crippen MR) is 90.4 cm³/mol. The minimum absolute atomic E-state index is 0.0249. The van der Waals surface area contributed by atoms with Gasteiger partial charge >= 0.3 is 5.97 Å². The first kappa shape index (κ1) is 17.8. The second kappa shape index (κ2) is 8.33. The number of nitrogens with two attached hydrogens (primary N) is 1. The Morgan fingerprint density at radius 1 is 1.14 bits per heavy atom. The normalized spacial score (nSPS) is 35.0. The van der Waals surface area contributed by atoms with Crippen molar-refractivity contribution >= 4 is 5.97 Å². The van der Waals surface area contributed by atoms with Crippen LogP contribution in [0.3, 0.4) is 0 Å². The zero-order valence-electron chi connectivity index (χ0n) is 14.7. The molecule has 2 fully saturated rings. The Morgan fingerprint density at radius 2 is 1.82 bits per heavy atom. The molecule has 3 heteroatoms. The van der Waals surface area contributed by atoms with Crippen LogP contribution in [0.25, 0.3) is 0 Å². The number of esters is 1. The van der Waals surface area contributed by atoms with Gasteiger partial charge in [-0.1, -0.05) is 52.4 Å². The fraction of sp³-hybridized carbons (Fsp3) is 0.947. The Kier molecular flexibility index (Phi) is 6.73. The molecule has 0 aromatic heterocycles. The van der Waals surface area contributed by atoms with E-state index in [1.807, 2.05) is 0 Å². The Morgan fingerprint density at radius 3 is 2.45 bits per heavy atom. The van der Waals surface area contributed by atoms with E-state index in [2.05, 4.69) is 20.8 Å². The third kappa shape index (κ3) is 4.71. The summed E-state index contributed by atoms with van der Waals surface area (Å²) >= 11 is 0. The smallest absolute Gasteiger partial charge is 0.323 e. The lowest BCUT2D eigenvalue weighted by molar-refractivity contribution is -0.154. The van der Waals surface area contributed by atoms with Crippen LogP contribution in [-0.2, 0) is 9.53 Å². The summed E-state index contributed by atoms with van der Waals surface area (Å²) in [5.41, 5.74) is 5.97. The summed E-state index contributed by atoms with van der Waals surface area (Å²) in [6.07, 6.45) is 11.0. The molecular weight excluding hydrogens is 274 g/mol. The number of carbonyl (C=O) groups excluding carboxylic acids is 1. The number of hydrogen-bond acceptors (Lipinski definition) is 3. The van der Waals surface area contributed by atoms with E-state index in [9.17, 15) is 4.79 Å². The molecule has 1 heterocycles. The fourth-order valence-corrected chi connectivity index (χ4v) is 4.64. The zero-order chi connectivity index (χ0) is 16.1. The van der Waals surface area contributed by atoms with Crippen molar-refractivity contribution in [3.63, 3.8) is 0 Å². The molecule has 0 amide bonds. The molecule has 1 saturated heterocycles. The highest BCUT2D eigenvalue weighted by molar-refractivity contribution is 5.75. The maximum absolute atomic E-state index is 12.1. The molecule has 2 aliphatic rings. The van der Waals surface area contributed by atoms with Gasteiger partial charge in [0.25, 0.3) is 0 Å². The van der Waals surface area contributed by atoms with Crippen LogP contribution in [-0.4, -0.2) is 18.1 Å². The third-order valence-corrected chi connectivity index (χ3v) is 5.84. The van der Waals surface area contributed by atoms with Crippen LogP contribution in [0.4, 0.5) is 0 Å². The van der Waals surface area contributed by atoms with Crippen LogP contribution in [0.2, 0.25) is 0 Å². The van der Waals surface area contributed by atoms with Gasteiger partial charge in [-0.25, -0.2) is 0 Å². The van der Waals surface area contributed by atoms with E-state index in [1.165, 1.54) is 44.9 Å². The number of carbonyl (C=O) groups is 1. The summed E-state index contributed by atoms with van der Waals surface area (Å²) in [5.74, 6) is 2.54. The van der Waals surface area contributed by atoms with Crippen molar-refractivity contribution in [3.05, 3.63) is 0 Å². The van der Waals surface area contributed by atoms with Gasteiger partial charge in [0.1, 0.15) is 12.1 Å². The number of rotatable bonds is 4. The largest absolute Gasteiger partial charge is 0.461 e. The van der Waals surface area contributed by atoms with Gasteiger partial charge in [-0.05, 0) is 43.9 Å². The quantitative estimate of drug-likeness (QED) is 0.788. The van der Waals surface area contributed by atoms with Crippen molar-refractivity contribution in [3.8, 4) is 0 Å². The van der Waals surface area contributed by atoms with Gasteiger partial charge in [-0.3, -0.25) is 4.79 Å². The van der Waals surface area contributed by atoms with E-state index in [0.29, 0.717) is 11.8 Å². The zero-order valence-corrected chi connectivity index (χ0v) is 14.7. The molecule has 22 heavy (non-hydrogen) atoms. The van der Waals surface area contributed by atoms with Crippen molar-refractivity contribution in [1.82, 2.24) is 0 Å². The van der Waals surface area contributed by atoms with Crippen LogP contribution in [0.1, 0.15) is 78.6 Å². The highest BCUT2D eigenvalue weighted by atomic mass is 16.5. The Hall–Kier alpha value is -0.570. The molecule has 0 bridgehead atoms. The first-order valence-electron chi connectivity index (χ1n) is 9.45. The average molecular weight is 309 g/mol. The van der Waals surface area contributed by atoms with Crippen LogP contribution < -0.4 is 5.73 Å². The highest BCUT2D eigenvalue weighted by Gasteiger charge is 2.38. The van der Waals surface area contributed by atoms with E-state index in [4.69, 9.17) is 10.5 Å². The van der Waals surface area contributed by atoms with E-state index in [1.54, 1.807) is 0 Å². The molecule has 1 aliphatic carbocycles. The molecular formula is C19H35NO2. The fourth-order valence-electron chi connectivity index (χ4n) is 4.64. The van der Waals surface area contributed by atoms with Gasteiger partial charge in [0, 0.05) is 5.92 Å². The second-order valence-corrected chi connectivity index (χ2v) is 8.03. The molecule has 0 spiro atoms. The van der Waals surface area contributed by atoms with E-state index in [-0.39, 0.29) is 12.1 Å². The van der Waals surface area contributed by atoms with E-state index >= 15 is 0 Å². The van der Waals surface area contributed by atoms with Gasteiger partial charge in [0.05, 0.1) is 0 Å². The third-order valence-electron chi connectivity index (χ3n) is 5.84. The summed E-state index contributed by atoms with van der Waals surface area (Å²) in [7, 11) is 0. The lowest BCUT2D eigenvalue weighted by atomic mass is 9.73. The molecule has 3 nitrogen and oxygen atoms in total. The molecule has 0 radical (unpaired) electrons. The summed E-state index contributed by atoms with van der Waals surface area (Å²) < 4.78 is 5.78. The van der Waals surface area contributed by atoms with Crippen LogP contribution in [0, 0.1) is 23.7 Å². The van der Waals surface area contributed by atoms with Gasteiger partial charge in [-0.15, -0.1) is 0 Å². The molecule has 0 unspecified atom stereocenters. The van der Waals surface area contributed by atoms with Crippen molar-refractivity contribution in [2.75, 3.05) is 0 Å². The number of cyclic esters (lactones) is 1. The topological polar surface area (TPSA) is 52.3 Å². The van der Waals surface area contributed by atoms with E-state index < -0.39 is 6.04 Å². The highest BCUT2D eigenvalue weighted by Crippen LogP contribution is 2.42. The molecule has 2 N–H and O–H groups in total. The van der Waals surface area contributed by atoms with Crippen LogP contribution >= 0.6 is 0 Å². The van der Waals surface area contributed by atoms with E-state index in [0.717, 1.165) is 24.7 Å². The lowest BCUT2D eigenvalue weighted by Gasteiger charge is -2.36. The van der Waals surface area contributed by atoms with Crippen molar-refractivity contribution in [2.24, 2.45) is 29.4 Å². The SMILES string of the molecule is CC(C)CC[C@H]1CCC[C@H](N)C(=O)O[C@@H](C)[C@@H]1C1CCCC1. The first-order chi connectivity index (χ1) is 10.5. The maximum atomic E-state index is 12.1. The summed E-state index contributed by atoms with van der Waals surface area (Å²) in [6.45, 7) is 6.72. The second-order valence-electron chi connectivity index (χ2n) is 8.03. The number of ether oxygens (including phenoxy) is 1. The molecule has 2 rings (SSSR count). The van der Waals surface area contributed by atoms with Crippen LogP contribution in [0.15, 0.2) is 0 Å². The van der Waals surface area contributed by atoms with Gasteiger partial charge in [0.2, 0.25) is 0 Å². The van der Waals surface area contributed by atoms with Gasteiger partial charge in [-0.2, -0.15) is 0 Å². The maximum Gasteiger partial charge on any atom is 0.323 e. The summed E-state index contributed by atoms with van der Waals surface area (Å²) in [6, 6.07) is -0.421. The summed E-state index contributed by atoms with van der Waals surface area (Å²) in [4.78, 5) is 12.1.